The van der Waals surface area contributed by atoms with Crippen molar-refractivity contribution in [2.45, 2.75) is 20.3 Å². The van der Waals surface area contributed by atoms with Crippen molar-refractivity contribution in [3.63, 3.8) is 0 Å². The molecule has 2 N–H and O–H groups in total. The Bertz CT molecular complexity index is 632. The highest BCUT2D eigenvalue weighted by molar-refractivity contribution is 6.05. The fourth-order valence-electron chi connectivity index (χ4n) is 2.05. The molecule has 2 aromatic carbocycles. The summed E-state index contributed by atoms with van der Waals surface area (Å²) in [6.07, 6.45) is 0.700. The molecule has 0 unspecified atom stereocenters. The number of aromatic hydroxyl groups is 2. The van der Waals surface area contributed by atoms with Crippen molar-refractivity contribution < 1.29 is 19.7 Å². The molecular weight excluding hydrogens is 244 g/mol. The maximum atomic E-state index is 11.9. The predicted molar refractivity (Wildman–Crippen MR) is 72.6 cm³/mol. The lowest BCUT2D eigenvalue weighted by molar-refractivity contribution is 0.0501. The number of ether oxygens (including phenoxy) is 1. The lowest BCUT2D eigenvalue weighted by Crippen LogP contribution is -2.08. The number of rotatable bonds is 3. The van der Waals surface area contributed by atoms with Gasteiger partial charge in [0.2, 0.25) is 0 Å². The Balaban J connectivity index is 2.64. The zero-order chi connectivity index (χ0) is 14.0. The number of fused-ring (bicyclic) bond motifs is 1. The van der Waals surface area contributed by atoms with Crippen LogP contribution >= 0.6 is 0 Å². The molecule has 0 spiro atoms. The molecule has 0 aliphatic rings. The number of carbonyl (C=O) groups excluding carboxylic acids is 1. The van der Waals surface area contributed by atoms with Gasteiger partial charge in [0.25, 0.3) is 0 Å². The SMILES string of the molecule is CCCOC(=O)c1c(C)c(O)c2ccccc2c1O. The number of carbonyl (C=O) groups is 1. The van der Waals surface area contributed by atoms with E-state index < -0.39 is 5.97 Å². The number of phenolic OH excluding ortho intramolecular Hbond substituents is 2. The minimum atomic E-state index is -0.613. The first-order chi connectivity index (χ1) is 9.07. The van der Waals surface area contributed by atoms with Crippen molar-refractivity contribution in [3.8, 4) is 11.5 Å². The third-order valence-corrected chi connectivity index (χ3v) is 3.05. The summed E-state index contributed by atoms with van der Waals surface area (Å²) in [5, 5.41) is 21.3. The van der Waals surface area contributed by atoms with E-state index in [1.54, 1.807) is 31.2 Å². The average molecular weight is 260 g/mol. The fourth-order valence-corrected chi connectivity index (χ4v) is 2.05. The molecule has 0 amide bonds. The van der Waals surface area contributed by atoms with Crippen molar-refractivity contribution >= 4 is 16.7 Å². The first-order valence-corrected chi connectivity index (χ1v) is 6.18. The van der Waals surface area contributed by atoms with E-state index in [4.69, 9.17) is 4.74 Å². The van der Waals surface area contributed by atoms with Crippen LogP contribution in [-0.2, 0) is 4.74 Å². The topological polar surface area (TPSA) is 66.8 Å². The van der Waals surface area contributed by atoms with Crippen molar-refractivity contribution in [3.05, 3.63) is 35.4 Å². The van der Waals surface area contributed by atoms with Gasteiger partial charge in [-0.15, -0.1) is 0 Å². The Morgan fingerprint density at radius 2 is 1.74 bits per heavy atom. The van der Waals surface area contributed by atoms with E-state index in [2.05, 4.69) is 0 Å². The highest BCUT2D eigenvalue weighted by atomic mass is 16.5. The van der Waals surface area contributed by atoms with E-state index in [1.807, 2.05) is 6.92 Å². The van der Waals surface area contributed by atoms with E-state index >= 15 is 0 Å². The molecule has 0 fully saturated rings. The van der Waals surface area contributed by atoms with Gasteiger partial charge in [-0.3, -0.25) is 0 Å². The number of esters is 1. The molecule has 0 saturated carbocycles. The molecule has 0 saturated heterocycles. The lowest BCUT2D eigenvalue weighted by Gasteiger charge is -2.13. The van der Waals surface area contributed by atoms with Gasteiger partial charge >= 0.3 is 5.97 Å². The van der Waals surface area contributed by atoms with Crippen molar-refractivity contribution in [1.29, 1.82) is 0 Å². The van der Waals surface area contributed by atoms with E-state index in [1.165, 1.54) is 0 Å². The number of benzene rings is 2. The zero-order valence-corrected chi connectivity index (χ0v) is 10.9. The minimum Gasteiger partial charge on any atom is -0.507 e. The van der Waals surface area contributed by atoms with Gasteiger partial charge in [0.15, 0.2) is 0 Å². The Labute approximate surface area is 111 Å². The summed E-state index contributed by atoms with van der Waals surface area (Å²) in [4.78, 5) is 11.9. The summed E-state index contributed by atoms with van der Waals surface area (Å²) in [5.74, 6) is -0.762. The molecule has 0 aromatic heterocycles. The molecule has 0 aliphatic carbocycles. The number of hydrogen-bond acceptors (Lipinski definition) is 4. The molecule has 4 heteroatoms. The van der Waals surface area contributed by atoms with Crippen molar-refractivity contribution in [2.24, 2.45) is 0 Å². The molecule has 0 bridgehead atoms. The molecular formula is C15H16O4. The summed E-state index contributed by atoms with van der Waals surface area (Å²) >= 11 is 0. The van der Waals surface area contributed by atoms with Crippen LogP contribution in [0.4, 0.5) is 0 Å². The molecule has 4 nitrogen and oxygen atoms in total. The van der Waals surface area contributed by atoms with Gasteiger partial charge in [0, 0.05) is 16.3 Å². The summed E-state index contributed by atoms with van der Waals surface area (Å²) in [6, 6.07) is 6.84. The number of phenols is 2. The van der Waals surface area contributed by atoms with Gasteiger partial charge in [-0.25, -0.2) is 4.79 Å². The second kappa shape index (κ2) is 5.18. The van der Waals surface area contributed by atoms with Gasteiger partial charge in [-0.05, 0) is 13.3 Å². The fraction of sp³-hybridized carbons (Fsp3) is 0.267. The monoisotopic (exact) mass is 260 g/mol. The average Bonchev–Trinajstić information content (AvgIpc) is 2.43. The molecule has 0 heterocycles. The largest absolute Gasteiger partial charge is 0.507 e. The van der Waals surface area contributed by atoms with Crippen LogP contribution in [0.2, 0.25) is 0 Å². The molecule has 0 atom stereocenters. The van der Waals surface area contributed by atoms with Crippen LogP contribution in [0.3, 0.4) is 0 Å². The van der Waals surface area contributed by atoms with Crippen LogP contribution in [0.1, 0.15) is 29.3 Å². The maximum Gasteiger partial charge on any atom is 0.342 e. The van der Waals surface area contributed by atoms with Gasteiger partial charge in [0.05, 0.1) is 6.61 Å². The van der Waals surface area contributed by atoms with E-state index in [0.717, 1.165) is 0 Å². The maximum absolute atomic E-state index is 11.9. The predicted octanol–water partition coefficient (Wildman–Crippen LogP) is 3.13. The molecule has 2 aromatic rings. The van der Waals surface area contributed by atoms with E-state index in [0.29, 0.717) is 22.8 Å². The van der Waals surface area contributed by atoms with Crippen LogP contribution in [0.15, 0.2) is 24.3 Å². The van der Waals surface area contributed by atoms with Crippen LogP contribution in [0.5, 0.6) is 11.5 Å². The highest BCUT2D eigenvalue weighted by Gasteiger charge is 2.22. The number of hydrogen-bond donors (Lipinski definition) is 2. The smallest absolute Gasteiger partial charge is 0.342 e. The van der Waals surface area contributed by atoms with Gasteiger partial charge in [-0.1, -0.05) is 31.2 Å². The second-order valence-electron chi connectivity index (χ2n) is 4.38. The highest BCUT2D eigenvalue weighted by Crippen LogP contribution is 2.39. The third kappa shape index (κ3) is 2.21. The first-order valence-electron chi connectivity index (χ1n) is 6.18. The second-order valence-corrected chi connectivity index (χ2v) is 4.38. The molecule has 0 radical (unpaired) electrons. The summed E-state index contributed by atoms with van der Waals surface area (Å²) in [6.45, 7) is 3.76. The normalized spacial score (nSPS) is 10.6. The zero-order valence-electron chi connectivity index (χ0n) is 10.9. The Morgan fingerprint density at radius 3 is 2.32 bits per heavy atom. The summed E-state index contributed by atoms with van der Waals surface area (Å²) in [5.41, 5.74) is 0.363. The first kappa shape index (κ1) is 13.2. The van der Waals surface area contributed by atoms with E-state index in [-0.39, 0.29) is 23.7 Å². The van der Waals surface area contributed by atoms with Crippen LogP contribution in [-0.4, -0.2) is 22.8 Å². The van der Waals surface area contributed by atoms with E-state index in [9.17, 15) is 15.0 Å². The summed E-state index contributed by atoms with van der Waals surface area (Å²) in [7, 11) is 0. The molecule has 100 valence electrons. The van der Waals surface area contributed by atoms with Crippen LogP contribution in [0.25, 0.3) is 10.8 Å². The minimum absolute atomic E-state index is 0.00292. The lowest BCUT2D eigenvalue weighted by atomic mass is 9.99. The van der Waals surface area contributed by atoms with Gasteiger partial charge < -0.3 is 14.9 Å². The molecule has 19 heavy (non-hydrogen) atoms. The standard InChI is InChI=1S/C15H16O4/c1-3-8-19-15(18)12-9(2)13(16)10-6-4-5-7-11(10)14(12)17/h4-7,16-17H,3,8H2,1-2H3. The Morgan fingerprint density at radius 1 is 1.16 bits per heavy atom. The van der Waals surface area contributed by atoms with Crippen LogP contribution in [0, 0.1) is 6.92 Å². The Kier molecular flexibility index (Phi) is 3.60. The van der Waals surface area contributed by atoms with Crippen molar-refractivity contribution in [1.82, 2.24) is 0 Å². The quantitative estimate of drug-likeness (QED) is 0.657. The van der Waals surface area contributed by atoms with Crippen molar-refractivity contribution in [2.75, 3.05) is 6.61 Å². The molecule has 2 rings (SSSR count). The Hall–Kier alpha value is -2.23. The molecule has 0 aliphatic heterocycles. The third-order valence-electron chi connectivity index (χ3n) is 3.05. The van der Waals surface area contributed by atoms with Gasteiger partial charge in [0.1, 0.15) is 17.1 Å². The van der Waals surface area contributed by atoms with Gasteiger partial charge in [-0.2, -0.15) is 0 Å². The summed E-state index contributed by atoms with van der Waals surface area (Å²) < 4.78 is 5.03. The van der Waals surface area contributed by atoms with Crippen LogP contribution < -0.4 is 0 Å².